The van der Waals surface area contributed by atoms with Gasteiger partial charge in [0.15, 0.2) is 0 Å². The number of hydrogen-bond donors (Lipinski definition) is 1. The van der Waals surface area contributed by atoms with Gasteiger partial charge < -0.3 is 5.32 Å². The molecule has 1 heterocycles. The first kappa shape index (κ1) is 12.4. The average molecular weight is 310 g/mol. The van der Waals surface area contributed by atoms with Crippen molar-refractivity contribution in [1.29, 1.82) is 0 Å². The van der Waals surface area contributed by atoms with Crippen LogP contribution in [0, 0.1) is 0 Å². The summed E-state index contributed by atoms with van der Waals surface area (Å²) in [4.78, 5) is 8.23. The molecule has 0 fully saturated rings. The van der Waals surface area contributed by atoms with Crippen LogP contribution >= 0.6 is 27.7 Å². The number of rotatable bonds is 5. The lowest BCUT2D eigenvalue weighted by atomic mass is 10.3. The van der Waals surface area contributed by atoms with Gasteiger partial charge in [-0.1, -0.05) is 22.0 Å². The summed E-state index contributed by atoms with van der Waals surface area (Å²) in [6.07, 6.45) is 5.18. The number of halogens is 1. The number of nitrogens with one attached hydrogen (secondary N) is 1. The van der Waals surface area contributed by atoms with Gasteiger partial charge in [0.1, 0.15) is 5.03 Å². The maximum atomic E-state index is 4.20. The summed E-state index contributed by atoms with van der Waals surface area (Å²) in [5, 5.41) is 4.32. The summed E-state index contributed by atoms with van der Waals surface area (Å²) in [5.74, 6) is 0.963. The maximum absolute atomic E-state index is 4.20. The molecule has 0 radical (unpaired) electrons. The minimum absolute atomic E-state index is 0.900. The summed E-state index contributed by atoms with van der Waals surface area (Å²) >= 11 is 5.14. The van der Waals surface area contributed by atoms with E-state index in [0.717, 1.165) is 27.5 Å². The number of aromatic nitrogens is 2. The van der Waals surface area contributed by atoms with Crippen LogP contribution in [-0.4, -0.2) is 22.3 Å². The van der Waals surface area contributed by atoms with E-state index in [-0.39, 0.29) is 0 Å². The van der Waals surface area contributed by atoms with Gasteiger partial charge in [-0.25, -0.2) is 4.98 Å². The smallest absolute Gasteiger partial charge is 0.114 e. The highest BCUT2D eigenvalue weighted by atomic mass is 79.9. The van der Waals surface area contributed by atoms with Crippen molar-refractivity contribution >= 4 is 33.4 Å². The molecule has 0 unspecified atom stereocenters. The molecule has 0 saturated heterocycles. The zero-order chi connectivity index (χ0) is 11.9. The van der Waals surface area contributed by atoms with E-state index in [1.165, 1.54) is 0 Å². The van der Waals surface area contributed by atoms with E-state index in [0.29, 0.717) is 0 Å². The Balaban J connectivity index is 1.73. The van der Waals surface area contributed by atoms with Gasteiger partial charge in [0, 0.05) is 34.9 Å². The van der Waals surface area contributed by atoms with Crippen molar-refractivity contribution in [3.63, 3.8) is 0 Å². The van der Waals surface area contributed by atoms with E-state index in [4.69, 9.17) is 0 Å². The Labute approximate surface area is 113 Å². The molecular weight excluding hydrogens is 298 g/mol. The predicted octanol–water partition coefficient (Wildman–Crippen LogP) is 3.44. The molecule has 0 saturated carbocycles. The van der Waals surface area contributed by atoms with Crippen LogP contribution in [0.2, 0.25) is 0 Å². The minimum atomic E-state index is 0.900. The van der Waals surface area contributed by atoms with E-state index in [1.54, 1.807) is 30.4 Å². The monoisotopic (exact) mass is 309 g/mol. The molecular formula is C12H12BrN3S. The fraction of sp³-hybridized carbons (Fsp3) is 0.167. The molecule has 0 aliphatic carbocycles. The van der Waals surface area contributed by atoms with Crippen LogP contribution in [-0.2, 0) is 0 Å². The summed E-state index contributed by atoms with van der Waals surface area (Å²) in [6, 6.07) is 8.15. The molecule has 2 aromatic rings. The number of anilines is 1. The standard InChI is InChI=1S/C12H12BrN3S/c13-10-2-1-3-11(8-10)15-6-7-17-12-9-14-4-5-16-12/h1-5,8-9,15H,6-7H2. The van der Waals surface area contributed by atoms with Crippen molar-refractivity contribution in [2.45, 2.75) is 5.03 Å². The highest BCUT2D eigenvalue weighted by Gasteiger charge is 1.95. The first-order chi connectivity index (χ1) is 8.34. The van der Waals surface area contributed by atoms with Crippen molar-refractivity contribution < 1.29 is 0 Å². The molecule has 0 aliphatic heterocycles. The molecule has 1 aromatic heterocycles. The van der Waals surface area contributed by atoms with E-state index in [2.05, 4.69) is 43.3 Å². The second-order valence-electron chi connectivity index (χ2n) is 3.33. The third-order valence-corrected chi connectivity index (χ3v) is 3.45. The van der Waals surface area contributed by atoms with Crippen molar-refractivity contribution in [2.24, 2.45) is 0 Å². The third kappa shape index (κ3) is 4.36. The Hall–Kier alpha value is -1.07. The molecule has 0 spiro atoms. The van der Waals surface area contributed by atoms with Crippen LogP contribution < -0.4 is 5.32 Å². The zero-order valence-corrected chi connectivity index (χ0v) is 11.5. The van der Waals surface area contributed by atoms with Crippen molar-refractivity contribution in [3.05, 3.63) is 47.3 Å². The van der Waals surface area contributed by atoms with Crippen molar-refractivity contribution in [3.8, 4) is 0 Å². The molecule has 5 heteroatoms. The molecule has 88 valence electrons. The van der Waals surface area contributed by atoms with Gasteiger partial charge in [-0.05, 0) is 18.2 Å². The van der Waals surface area contributed by atoms with Crippen LogP contribution in [0.1, 0.15) is 0 Å². The summed E-state index contributed by atoms with van der Waals surface area (Å²) in [6.45, 7) is 0.900. The summed E-state index contributed by atoms with van der Waals surface area (Å²) < 4.78 is 1.09. The highest BCUT2D eigenvalue weighted by molar-refractivity contribution is 9.10. The van der Waals surface area contributed by atoms with Gasteiger partial charge in [0.25, 0.3) is 0 Å². The van der Waals surface area contributed by atoms with Crippen LogP contribution in [0.4, 0.5) is 5.69 Å². The topological polar surface area (TPSA) is 37.8 Å². The van der Waals surface area contributed by atoms with Crippen LogP contribution in [0.15, 0.2) is 52.4 Å². The van der Waals surface area contributed by atoms with E-state index < -0.39 is 0 Å². The lowest BCUT2D eigenvalue weighted by Gasteiger charge is -2.05. The molecule has 0 aliphatic rings. The highest BCUT2D eigenvalue weighted by Crippen LogP contribution is 2.16. The third-order valence-electron chi connectivity index (χ3n) is 2.05. The van der Waals surface area contributed by atoms with E-state index in [1.807, 2.05) is 12.1 Å². The summed E-state index contributed by atoms with van der Waals surface area (Å²) in [5.41, 5.74) is 1.12. The number of benzene rings is 1. The fourth-order valence-electron chi connectivity index (χ4n) is 1.31. The van der Waals surface area contributed by atoms with Gasteiger partial charge >= 0.3 is 0 Å². The largest absolute Gasteiger partial charge is 0.384 e. The molecule has 3 nitrogen and oxygen atoms in total. The maximum Gasteiger partial charge on any atom is 0.114 e. The second-order valence-corrected chi connectivity index (χ2v) is 5.36. The van der Waals surface area contributed by atoms with E-state index >= 15 is 0 Å². The number of hydrogen-bond acceptors (Lipinski definition) is 4. The first-order valence-electron chi connectivity index (χ1n) is 5.23. The van der Waals surface area contributed by atoms with Gasteiger partial charge in [-0.15, -0.1) is 11.8 Å². The van der Waals surface area contributed by atoms with Crippen molar-refractivity contribution in [2.75, 3.05) is 17.6 Å². The van der Waals surface area contributed by atoms with Crippen LogP contribution in [0.25, 0.3) is 0 Å². The van der Waals surface area contributed by atoms with E-state index in [9.17, 15) is 0 Å². The molecule has 0 amide bonds. The molecule has 0 bridgehead atoms. The van der Waals surface area contributed by atoms with Gasteiger partial charge in [0.2, 0.25) is 0 Å². The van der Waals surface area contributed by atoms with Crippen LogP contribution in [0.5, 0.6) is 0 Å². The molecule has 0 atom stereocenters. The fourth-order valence-corrected chi connectivity index (χ4v) is 2.39. The Bertz CT molecular complexity index is 464. The lowest BCUT2D eigenvalue weighted by Crippen LogP contribution is -2.03. The van der Waals surface area contributed by atoms with Crippen molar-refractivity contribution in [1.82, 2.24) is 9.97 Å². The van der Waals surface area contributed by atoms with Gasteiger partial charge in [0.05, 0.1) is 6.20 Å². The van der Waals surface area contributed by atoms with Gasteiger partial charge in [-0.3, -0.25) is 4.98 Å². The second kappa shape index (κ2) is 6.61. The number of thioether (sulfide) groups is 1. The quantitative estimate of drug-likeness (QED) is 0.678. The Morgan fingerprint density at radius 2 is 2.24 bits per heavy atom. The normalized spacial score (nSPS) is 10.2. The first-order valence-corrected chi connectivity index (χ1v) is 7.01. The Morgan fingerprint density at radius 1 is 1.29 bits per heavy atom. The predicted molar refractivity (Wildman–Crippen MR) is 75.4 cm³/mol. The number of nitrogens with zero attached hydrogens (tertiary/aromatic N) is 2. The van der Waals surface area contributed by atoms with Gasteiger partial charge in [-0.2, -0.15) is 0 Å². The molecule has 1 aromatic carbocycles. The Morgan fingerprint density at radius 3 is 3.00 bits per heavy atom. The lowest BCUT2D eigenvalue weighted by molar-refractivity contribution is 1.05. The SMILES string of the molecule is Brc1cccc(NCCSc2cnccn2)c1. The molecule has 2 rings (SSSR count). The molecule has 17 heavy (non-hydrogen) atoms. The Kier molecular flexibility index (Phi) is 4.82. The minimum Gasteiger partial charge on any atom is -0.384 e. The average Bonchev–Trinajstić information content (AvgIpc) is 2.36. The van der Waals surface area contributed by atoms with Crippen LogP contribution in [0.3, 0.4) is 0 Å². The zero-order valence-electron chi connectivity index (χ0n) is 9.14. The molecule has 1 N–H and O–H groups in total. The summed E-state index contributed by atoms with van der Waals surface area (Å²) in [7, 11) is 0.